The first kappa shape index (κ1) is 17.7. The fourth-order valence-corrected chi connectivity index (χ4v) is 3.11. The molecule has 1 heterocycles. The summed E-state index contributed by atoms with van der Waals surface area (Å²) in [6.07, 6.45) is 0. The van der Waals surface area contributed by atoms with Crippen molar-refractivity contribution in [3.8, 4) is 11.3 Å². The summed E-state index contributed by atoms with van der Waals surface area (Å²) in [5.74, 6) is 0.295. The standard InChI is InChI=1S/C24H19NO3/c1-15-7-12-22-19(13-15)21(26)14-23(28-22)17-8-10-18(11-9-17)24(27)25-20-6-4-3-5-16(20)2/h3-14H,1-2H3,(H,25,27). The predicted octanol–water partition coefficient (Wildman–Crippen LogP) is 5.33. The fraction of sp³-hybridized carbons (Fsp3) is 0.0833. The van der Waals surface area contributed by atoms with Crippen molar-refractivity contribution in [3.63, 3.8) is 0 Å². The average molecular weight is 369 g/mol. The Bertz CT molecular complexity index is 1240. The highest BCUT2D eigenvalue weighted by molar-refractivity contribution is 6.04. The lowest BCUT2D eigenvalue weighted by Crippen LogP contribution is -2.12. The molecule has 0 aliphatic heterocycles. The zero-order valence-electron chi connectivity index (χ0n) is 15.7. The van der Waals surface area contributed by atoms with Crippen LogP contribution in [0.15, 0.2) is 82.0 Å². The van der Waals surface area contributed by atoms with Crippen LogP contribution in [0.4, 0.5) is 5.69 Å². The number of amides is 1. The number of carbonyl (C=O) groups is 1. The number of hydrogen-bond donors (Lipinski definition) is 1. The van der Waals surface area contributed by atoms with Crippen molar-refractivity contribution in [2.24, 2.45) is 0 Å². The summed E-state index contributed by atoms with van der Waals surface area (Å²) in [4.78, 5) is 24.9. The van der Waals surface area contributed by atoms with Gasteiger partial charge >= 0.3 is 0 Å². The molecule has 4 aromatic rings. The van der Waals surface area contributed by atoms with Gasteiger partial charge in [0, 0.05) is 22.9 Å². The summed E-state index contributed by atoms with van der Waals surface area (Å²) in [5.41, 5.74) is 4.54. The minimum atomic E-state index is -0.184. The van der Waals surface area contributed by atoms with Crippen LogP contribution in [0.1, 0.15) is 21.5 Å². The number of anilines is 1. The van der Waals surface area contributed by atoms with E-state index in [1.165, 1.54) is 6.07 Å². The molecular formula is C24H19NO3. The van der Waals surface area contributed by atoms with Crippen LogP contribution in [-0.4, -0.2) is 5.91 Å². The van der Waals surface area contributed by atoms with Crippen LogP contribution in [0.25, 0.3) is 22.3 Å². The van der Waals surface area contributed by atoms with Gasteiger partial charge in [-0.3, -0.25) is 9.59 Å². The van der Waals surface area contributed by atoms with Crippen molar-refractivity contribution in [3.05, 3.63) is 99.7 Å². The van der Waals surface area contributed by atoms with Crippen molar-refractivity contribution in [1.82, 2.24) is 0 Å². The first-order chi connectivity index (χ1) is 13.5. The summed E-state index contributed by atoms with van der Waals surface area (Å²) in [5, 5.41) is 3.48. The molecule has 0 spiro atoms. The molecule has 0 saturated heterocycles. The molecule has 0 fully saturated rings. The maximum Gasteiger partial charge on any atom is 0.255 e. The number of para-hydroxylation sites is 1. The van der Waals surface area contributed by atoms with E-state index >= 15 is 0 Å². The van der Waals surface area contributed by atoms with Gasteiger partial charge in [0.15, 0.2) is 5.43 Å². The van der Waals surface area contributed by atoms with Crippen molar-refractivity contribution in [2.45, 2.75) is 13.8 Å². The van der Waals surface area contributed by atoms with E-state index in [9.17, 15) is 9.59 Å². The Morgan fingerprint density at radius 3 is 2.39 bits per heavy atom. The Kier molecular flexibility index (Phi) is 4.53. The van der Waals surface area contributed by atoms with Crippen molar-refractivity contribution in [1.29, 1.82) is 0 Å². The summed E-state index contributed by atoms with van der Waals surface area (Å²) < 4.78 is 5.89. The Hall–Kier alpha value is -3.66. The van der Waals surface area contributed by atoms with Gasteiger partial charge in [-0.2, -0.15) is 0 Å². The summed E-state index contributed by atoms with van der Waals surface area (Å²) in [6.45, 7) is 3.88. The van der Waals surface area contributed by atoms with E-state index in [4.69, 9.17) is 4.42 Å². The number of hydrogen-bond acceptors (Lipinski definition) is 3. The molecule has 0 radical (unpaired) electrons. The van der Waals surface area contributed by atoms with Crippen molar-refractivity contribution < 1.29 is 9.21 Å². The second-order valence-corrected chi connectivity index (χ2v) is 6.82. The third kappa shape index (κ3) is 3.45. The SMILES string of the molecule is Cc1ccc2oc(-c3ccc(C(=O)Nc4ccccc4C)cc3)cc(=O)c2c1. The summed E-state index contributed by atoms with van der Waals surface area (Å²) >= 11 is 0. The lowest BCUT2D eigenvalue weighted by atomic mass is 10.1. The normalized spacial score (nSPS) is 10.8. The van der Waals surface area contributed by atoms with Gasteiger partial charge in [-0.25, -0.2) is 0 Å². The molecule has 1 amide bonds. The lowest BCUT2D eigenvalue weighted by molar-refractivity contribution is 0.102. The van der Waals surface area contributed by atoms with Crippen LogP contribution >= 0.6 is 0 Å². The molecule has 0 unspecified atom stereocenters. The first-order valence-corrected chi connectivity index (χ1v) is 9.03. The number of fused-ring (bicyclic) bond motifs is 1. The number of rotatable bonds is 3. The van der Waals surface area contributed by atoms with E-state index in [1.54, 1.807) is 30.3 Å². The topological polar surface area (TPSA) is 59.3 Å². The third-order valence-electron chi connectivity index (χ3n) is 4.71. The highest BCUT2D eigenvalue weighted by Gasteiger charge is 2.10. The third-order valence-corrected chi connectivity index (χ3v) is 4.71. The zero-order chi connectivity index (χ0) is 19.7. The molecule has 28 heavy (non-hydrogen) atoms. The quantitative estimate of drug-likeness (QED) is 0.531. The maximum atomic E-state index is 12.5. The van der Waals surface area contributed by atoms with E-state index in [-0.39, 0.29) is 11.3 Å². The number of benzene rings is 3. The minimum absolute atomic E-state index is 0.0821. The molecule has 0 atom stereocenters. The van der Waals surface area contributed by atoms with Crippen LogP contribution in [0.2, 0.25) is 0 Å². The molecule has 0 bridgehead atoms. The summed E-state index contributed by atoms with van der Waals surface area (Å²) in [7, 11) is 0. The van der Waals surface area contributed by atoms with Crippen LogP contribution < -0.4 is 10.7 Å². The van der Waals surface area contributed by atoms with Crippen LogP contribution in [-0.2, 0) is 0 Å². The van der Waals surface area contributed by atoms with E-state index < -0.39 is 0 Å². The van der Waals surface area contributed by atoms with E-state index in [0.717, 1.165) is 22.4 Å². The van der Waals surface area contributed by atoms with E-state index in [0.29, 0.717) is 22.3 Å². The molecular weight excluding hydrogens is 350 g/mol. The van der Waals surface area contributed by atoms with Crippen LogP contribution in [0.3, 0.4) is 0 Å². The molecule has 4 rings (SSSR count). The molecule has 0 saturated carbocycles. The van der Waals surface area contributed by atoms with Gasteiger partial charge in [-0.15, -0.1) is 0 Å². The molecule has 1 N–H and O–H groups in total. The Morgan fingerprint density at radius 1 is 0.893 bits per heavy atom. The van der Waals surface area contributed by atoms with E-state index in [2.05, 4.69) is 5.32 Å². The predicted molar refractivity (Wildman–Crippen MR) is 112 cm³/mol. The fourth-order valence-electron chi connectivity index (χ4n) is 3.11. The Labute approximate surface area is 162 Å². The number of nitrogens with one attached hydrogen (secondary N) is 1. The van der Waals surface area contributed by atoms with E-state index in [1.807, 2.05) is 50.2 Å². The van der Waals surface area contributed by atoms with Gasteiger partial charge in [-0.05, 0) is 49.7 Å². The minimum Gasteiger partial charge on any atom is -0.456 e. The van der Waals surface area contributed by atoms with Crippen molar-refractivity contribution >= 4 is 22.6 Å². The lowest BCUT2D eigenvalue weighted by Gasteiger charge is -2.09. The Balaban J connectivity index is 1.62. The molecule has 0 aliphatic carbocycles. The first-order valence-electron chi connectivity index (χ1n) is 9.03. The Morgan fingerprint density at radius 2 is 1.64 bits per heavy atom. The number of aryl methyl sites for hydroxylation is 2. The monoisotopic (exact) mass is 369 g/mol. The maximum absolute atomic E-state index is 12.5. The van der Waals surface area contributed by atoms with Gasteiger partial charge in [0.05, 0.1) is 5.39 Å². The molecule has 138 valence electrons. The average Bonchev–Trinajstić information content (AvgIpc) is 2.70. The van der Waals surface area contributed by atoms with Gasteiger partial charge in [-0.1, -0.05) is 42.0 Å². The summed E-state index contributed by atoms with van der Waals surface area (Å²) in [6, 6.07) is 21.7. The van der Waals surface area contributed by atoms with Gasteiger partial charge in [0.2, 0.25) is 0 Å². The largest absolute Gasteiger partial charge is 0.456 e. The smallest absolute Gasteiger partial charge is 0.255 e. The molecule has 4 nitrogen and oxygen atoms in total. The number of carbonyl (C=O) groups excluding carboxylic acids is 1. The molecule has 1 aromatic heterocycles. The second kappa shape index (κ2) is 7.16. The van der Waals surface area contributed by atoms with Gasteiger partial charge in [0.25, 0.3) is 5.91 Å². The van der Waals surface area contributed by atoms with Gasteiger partial charge < -0.3 is 9.73 Å². The van der Waals surface area contributed by atoms with Crippen LogP contribution in [0.5, 0.6) is 0 Å². The highest BCUT2D eigenvalue weighted by Crippen LogP contribution is 2.23. The molecule has 0 aliphatic rings. The van der Waals surface area contributed by atoms with Crippen LogP contribution in [0, 0.1) is 13.8 Å². The molecule has 3 aromatic carbocycles. The molecule has 4 heteroatoms. The zero-order valence-corrected chi connectivity index (χ0v) is 15.7. The second-order valence-electron chi connectivity index (χ2n) is 6.82. The van der Waals surface area contributed by atoms with Gasteiger partial charge in [0.1, 0.15) is 11.3 Å². The van der Waals surface area contributed by atoms with Crippen molar-refractivity contribution in [2.75, 3.05) is 5.32 Å². The highest BCUT2D eigenvalue weighted by atomic mass is 16.3.